The Balaban J connectivity index is 1.46. The van der Waals surface area contributed by atoms with Crippen molar-refractivity contribution < 1.29 is 28.6 Å². The topological polar surface area (TPSA) is 103 Å². The van der Waals surface area contributed by atoms with Crippen molar-refractivity contribution in [1.82, 2.24) is 5.43 Å². The van der Waals surface area contributed by atoms with Gasteiger partial charge in [0.05, 0.1) is 17.3 Å². The van der Waals surface area contributed by atoms with Crippen LogP contribution in [0.5, 0.6) is 17.2 Å². The maximum Gasteiger partial charge on any atom is 0.343 e. The van der Waals surface area contributed by atoms with Crippen LogP contribution in [0.2, 0.25) is 5.02 Å². The predicted molar refractivity (Wildman–Crippen MR) is 142 cm³/mol. The summed E-state index contributed by atoms with van der Waals surface area (Å²) < 4.78 is 16.4. The average Bonchev–Trinajstić information content (AvgIpc) is 2.94. The highest BCUT2D eigenvalue weighted by atomic mass is 35.5. The molecule has 8 nitrogen and oxygen atoms in total. The van der Waals surface area contributed by atoms with Crippen LogP contribution in [0.3, 0.4) is 0 Å². The molecule has 0 atom stereocenters. The molecule has 4 aromatic rings. The molecule has 0 aliphatic heterocycles. The smallest absolute Gasteiger partial charge is 0.343 e. The zero-order valence-corrected chi connectivity index (χ0v) is 20.6. The van der Waals surface area contributed by atoms with Gasteiger partial charge >= 0.3 is 11.9 Å². The summed E-state index contributed by atoms with van der Waals surface area (Å²) in [5, 5.41) is 4.47. The summed E-state index contributed by atoms with van der Waals surface area (Å²) in [6.07, 6.45) is 1.30. The van der Waals surface area contributed by atoms with E-state index in [-0.39, 0.29) is 18.1 Å². The SMILES string of the molecule is O=C(COc1ccc(Cl)cc1)N/N=C/c1ccc(OC(=O)c2ccccc2)cc1OC(=O)c1ccccc1. The van der Waals surface area contributed by atoms with Crippen LogP contribution in [0.4, 0.5) is 0 Å². The number of carbonyl (C=O) groups is 3. The van der Waals surface area contributed by atoms with E-state index >= 15 is 0 Å². The first kappa shape index (κ1) is 26.1. The summed E-state index contributed by atoms with van der Waals surface area (Å²) in [4.78, 5) is 37.2. The molecule has 190 valence electrons. The standard InChI is InChI=1S/C29H21ClN2O6/c30-23-12-15-24(16-13-23)36-19-27(33)32-31-18-22-11-14-25(37-28(34)20-7-3-1-4-8-20)17-26(22)38-29(35)21-9-5-2-6-10-21/h1-18H,19H2,(H,32,33)/b31-18+. The van der Waals surface area contributed by atoms with Crippen LogP contribution < -0.4 is 19.6 Å². The lowest BCUT2D eigenvalue weighted by Gasteiger charge is -2.10. The highest BCUT2D eigenvalue weighted by molar-refractivity contribution is 6.30. The Morgan fingerprint density at radius 3 is 1.95 bits per heavy atom. The highest BCUT2D eigenvalue weighted by Gasteiger charge is 2.15. The Bertz CT molecular complexity index is 1440. The molecule has 0 aliphatic rings. The second kappa shape index (κ2) is 12.8. The van der Waals surface area contributed by atoms with Crippen molar-refractivity contribution in [1.29, 1.82) is 0 Å². The van der Waals surface area contributed by atoms with E-state index < -0.39 is 17.8 Å². The van der Waals surface area contributed by atoms with E-state index in [1.807, 2.05) is 0 Å². The zero-order chi connectivity index (χ0) is 26.7. The number of esters is 2. The van der Waals surface area contributed by atoms with Gasteiger partial charge in [0.25, 0.3) is 5.91 Å². The number of amides is 1. The highest BCUT2D eigenvalue weighted by Crippen LogP contribution is 2.26. The van der Waals surface area contributed by atoms with Crippen LogP contribution in [0, 0.1) is 0 Å². The number of benzene rings is 4. The molecular formula is C29H21ClN2O6. The molecule has 1 amide bonds. The Hall–Kier alpha value is -4.95. The molecule has 0 spiro atoms. The number of nitrogens with zero attached hydrogens (tertiary/aromatic N) is 1. The molecule has 0 bridgehead atoms. The fourth-order valence-electron chi connectivity index (χ4n) is 3.13. The third-order valence-corrected chi connectivity index (χ3v) is 5.25. The lowest BCUT2D eigenvalue weighted by Crippen LogP contribution is -2.24. The van der Waals surface area contributed by atoms with E-state index in [2.05, 4.69) is 10.5 Å². The Morgan fingerprint density at radius 1 is 0.737 bits per heavy atom. The summed E-state index contributed by atoms with van der Waals surface area (Å²) in [5.74, 6) is -0.982. The summed E-state index contributed by atoms with van der Waals surface area (Å²) >= 11 is 5.83. The Morgan fingerprint density at radius 2 is 1.32 bits per heavy atom. The van der Waals surface area contributed by atoms with Crippen molar-refractivity contribution in [2.45, 2.75) is 0 Å². The van der Waals surface area contributed by atoms with Gasteiger partial charge in [0.15, 0.2) is 6.61 Å². The molecule has 0 fully saturated rings. The molecule has 0 saturated carbocycles. The number of hydrazone groups is 1. The molecular weight excluding hydrogens is 508 g/mol. The first-order chi connectivity index (χ1) is 18.5. The van der Waals surface area contributed by atoms with E-state index in [1.165, 1.54) is 18.3 Å². The largest absolute Gasteiger partial charge is 0.484 e. The molecule has 0 saturated heterocycles. The van der Waals surface area contributed by atoms with Gasteiger partial charge in [-0.05, 0) is 60.7 Å². The zero-order valence-electron chi connectivity index (χ0n) is 19.9. The summed E-state index contributed by atoms with van der Waals surface area (Å²) in [5.41, 5.74) is 3.40. The van der Waals surface area contributed by atoms with E-state index in [4.69, 9.17) is 25.8 Å². The number of ether oxygens (including phenoxy) is 3. The van der Waals surface area contributed by atoms with Gasteiger partial charge < -0.3 is 14.2 Å². The van der Waals surface area contributed by atoms with E-state index in [0.717, 1.165) is 0 Å². The minimum absolute atomic E-state index is 0.0765. The van der Waals surface area contributed by atoms with E-state index in [9.17, 15) is 14.4 Å². The molecule has 0 unspecified atom stereocenters. The van der Waals surface area contributed by atoms with Gasteiger partial charge in [-0.25, -0.2) is 15.0 Å². The number of rotatable bonds is 9. The monoisotopic (exact) mass is 528 g/mol. The maximum absolute atomic E-state index is 12.7. The molecule has 9 heteroatoms. The van der Waals surface area contributed by atoms with Crippen molar-refractivity contribution in [3.8, 4) is 17.2 Å². The van der Waals surface area contributed by atoms with Crippen LogP contribution in [0.25, 0.3) is 0 Å². The van der Waals surface area contributed by atoms with Crippen LogP contribution in [0.1, 0.15) is 26.3 Å². The van der Waals surface area contributed by atoms with Gasteiger partial charge in [0.1, 0.15) is 17.2 Å². The maximum atomic E-state index is 12.7. The van der Waals surface area contributed by atoms with Crippen LogP contribution in [0.15, 0.2) is 108 Å². The predicted octanol–water partition coefficient (Wildman–Crippen LogP) is 5.31. The second-order valence-electron chi connectivity index (χ2n) is 7.75. The van der Waals surface area contributed by atoms with Gasteiger partial charge in [0.2, 0.25) is 0 Å². The van der Waals surface area contributed by atoms with Gasteiger partial charge in [-0.3, -0.25) is 4.79 Å². The number of hydrogen-bond donors (Lipinski definition) is 1. The van der Waals surface area contributed by atoms with E-state index in [0.29, 0.717) is 27.5 Å². The lowest BCUT2D eigenvalue weighted by atomic mass is 10.2. The van der Waals surface area contributed by atoms with Gasteiger partial charge in [-0.2, -0.15) is 5.10 Å². The Labute approximate surface area is 223 Å². The normalized spacial score (nSPS) is 10.6. The van der Waals surface area contributed by atoms with Crippen molar-refractivity contribution in [2.24, 2.45) is 5.10 Å². The van der Waals surface area contributed by atoms with Crippen LogP contribution in [-0.4, -0.2) is 30.7 Å². The average molecular weight is 529 g/mol. The van der Waals surface area contributed by atoms with Gasteiger partial charge in [0, 0.05) is 16.7 Å². The molecule has 0 heterocycles. The number of hydrogen-bond acceptors (Lipinski definition) is 7. The molecule has 0 radical (unpaired) electrons. The minimum Gasteiger partial charge on any atom is -0.484 e. The minimum atomic E-state index is -0.618. The fraction of sp³-hybridized carbons (Fsp3) is 0.0345. The lowest BCUT2D eigenvalue weighted by molar-refractivity contribution is -0.123. The first-order valence-electron chi connectivity index (χ1n) is 11.4. The van der Waals surface area contributed by atoms with Crippen molar-refractivity contribution in [2.75, 3.05) is 6.61 Å². The molecule has 0 aromatic heterocycles. The third kappa shape index (κ3) is 7.52. The van der Waals surface area contributed by atoms with Crippen molar-refractivity contribution in [3.63, 3.8) is 0 Å². The van der Waals surface area contributed by atoms with E-state index in [1.54, 1.807) is 91.0 Å². The number of nitrogens with one attached hydrogen (secondary N) is 1. The fourth-order valence-corrected chi connectivity index (χ4v) is 3.26. The van der Waals surface area contributed by atoms with Crippen LogP contribution in [-0.2, 0) is 4.79 Å². The van der Waals surface area contributed by atoms with Gasteiger partial charge in [-0.1, -0.05) is 48.0 Å². The third-order valence-electron chi connectivity index (χ3n) is 4.99. The number of carbonyl (C=O) groups excluding carboxylic acids is 3. The second-order valence-corrected chi connectivity index (χ2v) is 8.18. The quantitative estimate of drug-likeness (QED) is 0.137. The van der Waals surface area contributed by atoms with Crippen molar-refractivity contribution >= 4 is 35.7 Å². The van der Waals surface area contributed by atoms with Gasteiger partial charge in [-0.15, -0.1) is 0 Å². The summed E-state index contributed by atoms with van der Waals surface area (Å²) in [7, 11) is 0. The molecule has 4 rings (SSSR count). The molecule has 4 aromatic carbocycles. The Kier molecular flexibility index (Phi) is 8.83. The van der Waals surface area contributed by atoms with Crippen molar-refractivity contribution in [3.05, 3.63) is 125 Å². The molecule has 1 N–H and O–H groups in total. The molecule has 38 heavy (non-hydrogen) atoms. The summed E-state index contributed by atoms with van der Waals surface area (Å²) in [6.45, 7) is -0.275. The molecule has 0 aliphatic carbocycles. The number of halogens is 1. The first-order valence-corrected chi connectivity index (χ1v) is 11.7. The van der Waals surface area contributed by atoms with Crippen LogP contribution >= 0.6 is 11.6 Å². The summed E-state index contributed by atoms with van der Waals surface area (Å²) in [6, 6.07) is 27.9.